The van der Waals surface area contributed by atoms with Crippen LogP contribution >= 0.6 is 0 Å². The Hall–Kier alpha value is -1.12. The molecule has 3 heteroatoms. The first-order valence-electron chi connectivity index (χ1n) is 6.00. The first-order valence-corrected chi connectivity index (χ1v) is 6.00. The third-order valence-corrected chi connectivity index (χ3v) is 2.83. The molecular formula is C14H20F2O. The molecule has 17 heavy (non-hydrogen) atoms. The van der Waals surface area contributed by atoms with E-state index in [9.17, 15) is 8.78 Å². The summed E-state index contributed by atoms with van der Waals surface area (Å²) in [6, 6.07) is 3.50. The van der Waals surface area contributed by atoms with E-state index in [1.165, 1.54) is 6.92 Å². The van der Waals surface area contributed by atoms with Gasteiger partial charge >= 0.3 is 0 Å². The topological polar surface area (TPSA) is 9.23 Å². The second-order valence-corrected chi connectivity index (χ2v) is 4.59. The van der Waals surface area contributed by atoms with E-state index in [1.807, 2.05) is 13.0 Å². The van der Waals surface area contributed by atoms with Crippen LogP contribution in [-0.4, -0.2) is 13.3 Å². The Bertz CT molecular complexity index is 375. The smallest absolute Gasteiger partial charge is 0.130 e. The number of hydrogen-bond donors (Lipinski definition) is 0. The third kappa shape index (κ3) is 3.18. The van der Waals surface area contributed by atoms with E-state index < -0.39 is 0 Å². The summed E-state index contributed by atoms with van der Waals surface area (Å²) in [5.74, 6) is 1.26. The summed E-state index contributed by atoms with van der Waals surface area (Å²) in [6.07, 6.45) is 0. The van der Waals surface area contributed by atoms with Crippen LogP contribution in [0.3, 0.4) is 0 Å². The Morgan fingerprint density at radius 2 is 2.00 bits per heavy atom. The Kier molecular flexibility index (Phi) is 4.91. The fourth-order valence-electron chi connectivity index (χ4n) is 1.99. The number of hydrogen-bond acceptors (Lipinski definition) is 1. The van der Waals surface area contributed by atoms with Crippen molar-refractivity contribution in [3.63, 3.8) is 0 Å². The van der Waals surface area contributed by atoms with Crippen LogP contribution in [0.1, 0.15) is 37.8 Å². The van der Waals surface area contributed by atoms with E-state index in [1.54, 1.807) is 6.07 Å². The van der Waals surface area contributed by atoms with Crippen LogP contribution < -0.4 is 4.74 Å². The molecule has 0 aromatic heterocycles. The van der Waals surface area contributed by atoms with Crippen molar-refractivity contribution in [2.45, 2.75) is 33.6 Å². The minimum Gasteiger partial charge on any atom is -0.493 e. The maximum absolute atomic E-state index is 13.7. The van der Waals surface area contributed by atoms with Crippen LogP contribution in [0.5, 0.6) is 5.75 Å². The monoisotopic (exact) mass is 242 g/mol. The first-order chi connectivity index (χ1) is 8.01. The maximum Gasteiger partial charge on any atom is 0.130 e. The molecule has 0 aliphatic carbocycles. The van der Waals surface area contributed by atoms with Crippen molar-refractivity contribution in [3.05, 3.63) is 29.1 Å². The first kappa shape index (κ1) is 13.9. The van der Waals surface area contributed by atoms with Gasteiger partial charge in [-0.3, -0.25) is 4.39 Å². The number of halogens is 2. The van der Waals surface area contributed by atoms with Crippen LogP contribution in [0, 0.1) is 18.7 Å². The largest absolute Gasteiger partial charge is 0.493 e. The summed E-state index contributed by atoms with van der Waals surface area (Å²) in [5.41, 5.74) is 1.69. The van der Waals surface area contributed by atoms with Crippen molar-refractivity contribution in [2.75, 3.05) is 13.3 Å². The fourth-order valence-corrected chi connectivity index (χ4v) is 1.99. The SMILES string of the molecule is CCF.Cc1cc(F)c2c(c1)OCC2C(C)C. The van der Waals surface area contributed by atoms with Gasteiger partial charge in [-0.1, -0.05) is 13.8 Å². The molecule has 1 aromatic carbocycles. The van der Waals surface area contributed by atoms with Gasteiger partial charge in [-0.15, -0.1) is 0 Å². The summed E-state index contributed by atoms with van der Waals surface area (Å²) < 4.78 is 29.5. The molecule has 1 atom stereocenters. The fraction of sp³-hybridized carbons (Fsp3) is 0.571. The van der Waals surface area contributed by atoms with Crippen molar-refractivity contribution in [1.82, 2.24) is 0 Å². The summed E-state index contributed by atoms with van der Waals surface area (Å²) in [5, 5.41) is 0. The molecule has 1 unspecified atom stereocenters. The van der Waals surface area contributed by atoms with E-state index in [-0.39, 0.29) is 18.4 Å². The van der Waals surface area contributed by atoms with E-state index >= 15 is 0 Å². The number of benzene rings is 1. The minimum atomic E-state index is -0.250. The summed E-state index contributed by atoms with van der Waals surface area (Å²) in [6.45, 7) is 7.91. The predicted octanol–water partition coefficient (Wildman–Crippen LogP) is 4.24. The minimum absolute atomic E-state index is 0.115. The maximum atomic E-state index is 13.7. The average Bonchev–Trinajstić information content (AvgIpc) is 2.62. The summed E-state index contributed by atoms with van der Waals surface area (Å²) in [4.78, 5) is 0. The molecular weight excluding hydrogens is 222 g/mol. The second kappa shape index (κ2) is 5.99. The van der Waals surface area contributed by atoms with Crippen molar-refractivity contribution in [2.24, 2.45) is 5.92 Å². The number of fused-ring (bicyclic) bond motifs is 1. The molecule has 0 bridgehead atoms. The molecule has 0 radical (unpaired) electrons. The van der Waals surface area contributed by atoms with E-state index in [0.717, 1.165) is 16.9 Å². The van der Waals surface area contributed by atoms with Crippen molar-refractivity contribution >= 4 is 0 Å². The quantitative estimate of drug-likeness (QED) is 0.715. The van der Waals surface area contributed by atoms with Crippen LogP contribution in [0.2, 0.25) is 0 Å². The zero-order valence-electron chi connectivity index (χ0n) is 10.9. The lowest BCUT2D eigenvalue weighted by atomic mass is 9.89. The number of aryl methyl sites for hydroxylation is 1. The van der Waals surface area contributed by atoms with Crippen molar-refractivity contribution in [3.8, 4) is 5.75 Å². The zero-order chi connectivity index (χ0) is 13.0. The average molecular weight is 242 g/mol. The van der Waals surface area contributed by atoms with Gasteiger partial charge in [0.25, 0.3) is 0 Å². The van der Waals surface area contributed by atoms with Crippen LogP contribution in [0.25, 0.3) is 0 Å². The Balaban J connectivity index is 0.000000437. The van der Waals surface area contributed by atoms with E-state index in [0.29, 0.717) is 12.5 Å². The lowest BCUT2D eigenvalue weighted by molar-refractivity contribution is 0.303. The van der Waals surface area contributed by atoms with Crippen molar-refractivity contribution in [1.29, 1.82) is 0 Å². The van der Waals surface area contributed by atoms with Crippen LogP contribution in [0.15, 0.2) is 12.1 Å². The highest BCUT2D eigenvalue weighted by Gasteiger charge is 2.30. The molecule has 0 spiro atoms. The zero-order valence-corrected chi connectivity index (χ0v) is 10.9. The molecule has 1 heterocycles. The molecule has 1 aromatic rings. The van der Waals surface area contributed by atoms with Gasteiger partial charge in [0.05, 0.1) is 13.3 Å². The van der Waals surface area contributed by atoms with E-state index in [2.05, 4.69) is 13.8 Å². The Morgan fingerprint density at radius 3 is 2.53 bits per heavy atom. The van der Waals surface area contributed by atoms with Gasteiger partial charge in [-0.05, 0) is 37.5 Å². The molecule has 1 aliphatic rings. The van der Waals surface area contributed by atoms with Gasteiger partial charge in [0.1, 0.15) is 11.6 Å². The highest BCUT2D eigenvalue weighted by Crippen LogP contribution is 2.40. The van der Waals surface area contributed by atoms with Crippen LogP contribution in [-0.2, 0) is 0 Å². The number of ether oxygens (including phenoxy) is 1. The van der Waals surface area contributed by atoms with Crippen molar-refractivity contribution < 1.29 is 13.5 Å². The highest BCUT2D eigenvalue weighted by molar-refractivity contribution is 5.43. The molecule has 0 amide bonds. The molecule has 0 saturated carbocycles. The second-order valence-electron chi connectivity index (χ2n) is 4.59. The molecule has 1 nitrogen and oxygen atoms in total. The molecule has 0 saturated heterocycles. The van der Waals surface area contributed by atoms with Gasteiger partial charge in [0.15, 0.2) is 0 Å². The molecule has 0 fully saturated rings. The van der Waals surface area contributed by atoms with Gasteiger partial charge in [-0.25, -0.2) is 4.39 Å². The molecule has 96 valence electrons. The lowest BCUT2D eigenvalue weighted by Crippen LogP contribution is -2.08. The highest BCUT2D eigenvalue weighted by atomic mass is 19.1. The summed E-state index contributed by atoms with van der Waals surface area (Å²) >= 11 is 0. The van der Waals surface area contributed by atoms with Gasteiger partial charge in [0, 0.05) is 11.5 Å². The van der Waals surface area contributed by atoms with Gasteiger partial charge < -0.3 is 4.74 Å². The van der Waals surface area contributed by atoms with E-state index in [4.69, 9.17) is 4.74 Å². The molecule has 2 rings (SSSR count). The van der Waals surface area contributed by atoms with Gasteiger partial charge in [-0.2, -0.15) is 0 Å². The Morgan fingerprint density at radius 1 is 1.41 bits per heavy atom. The molecule has 1 aliphatic heterocycles. The molecule has 0 N–H and O–H groups in total. The van der Waals surface area contributed by atoms with Gasteiger partial charge in [0.2, 0.25) is 0 Å². The van der Waals surface area contributed by atoms with Crippen LogP contribution in [0.4, 0.5) is 8.78 Å². The standard InChI is InChI=1S/C12H15FO.C2H5F/c1-7(2)9-6-14-11-5-8(3)4-10(13)12(9)11;1-2-3/h4-5,7,9H,6H2,1-3H3;2H2,1H3. The predicted molar refractivity (Wildman–Crippen MR) is 65.9 cm³/mol. The third-order valence-electron chi connectivity index (χ3n) is 2.83. The Labute approximate surface area is 102 Å². The number of rotatable bonds is 1. The summed E-state index contributed by atoms with van der Waals surface area (Å²) in [7, 11) is 0. The normalized spacial score (nSPS) is 17.2. The number of alkyl halides is 1. The lowest BCUT2D eigenvalue weighted by Gasteiger charge is -2.13.